The van der Waals surface area contributed by atoms with Crippen molar-refractivity contribution in [3.05, 3.63) is 87.0 Å². The molecule has 4 N–H and O–H groups in total. The highest BCUT2D eigenvalue weighted by Gasteiger charge is 2.44. The first-order valence-corrected chi connectivity index (χ1v) is 11.9. The average Bonchev–Trinajstić information content (AvgIpc) is 3.13. The third kappa shape index (κ3) is 5.96. The number of aromatic nitrogens is 3. The molecule has 1 fully saturated rings. The van der Waals surface area contributed by atoms with Crippen molar-refractivity contribution in [2.45, 2.75) is 37.3 Å². The van der Waals surface area contributed by atoms with Gasteiger partial charge in [0.15, 0.2) is 6.23 Å². The van der Waals surface area contributed by atoms with Gasteiger partial charge in [0.2, 0.25) is 0 Å². The van der Waals surface area contributed by atoms with Gasteiger partial charge in [-0.1, -0.05) is 12.1 Å². The van der Waals surface area contributed by atoms with Crippen LogP contribution in [0.3, 0.4) is 0 Å². The van der Waals surface area contributed by atoms with Crippen molar-refractivity contribution in [1.82, 2.24) is 14.1 Å². The molecule has 0 saturated carbocycles. The summed E-state index contributed by atoms with van der Waals surface area (Å²) >= 11 is 0. The average molecular weight is 543 g/mol. The highest BCUT2D eigenvalue weighted by Crippen LogP contribution is 2.33. The fourth-order valence-corrected chi connectivity index (χ4v) is 4.15. The Bertz CT molecular complexity index is 1360. The molecular formula is C22H21F3N3O8P. The van der Waals surface area contributed by atoms with E-state index in [0.717, 1.165) is 33.5 Å². The molecule has 1 aliphatic rings. The largest absolute Gasteiger partial charge is 0.416 e. The van der Waals surface area contributed by atoms with Crippen LogP contribution in [0.15, 0.2) is 64.4 Å². The van der Waals surface area contributed by atoms with Crippen LogP contribution >= 0.6 is 8.60 Å². The van der Waals surface area contributed by atoms with Crippen LogP contribution in [0, 0.1) is 0 Å². The Balaban J connectivity index is 1.59. The lowest BCUT2D eigenvalue weighted by Gasteiger charge is -2.18. The number of alkyl halides is 3. The number of aliphatic hydroxyl groups excluding tert-OH is 2. The van der Waals surface area contributed by atoms with Gasteiger partial charge in [-0.2, -0.15) is 13.2 Å². The van der Waals surface area contributed by atoms with Gasteiger partial charge in [-0.3, -0.25) is 18.9 Å². The minimum atomic E-state index is -4.48. The molecule has 3 heterocycles. The maximum Gasteiger partial charge on any atom is 0.416 e. The molecule has 0 spiro atoms. The van der Waals surface area contributed by atoms with Crippen molar-refractivity contribution in [2.24, 2.45) is 0 Å². The molecule has 15 heteroatoms. The number of hydrogen-bond donors (Lipinski definition) is 4. The maximum atomic E-state index is 13.1. The van der Waals surface area contributed by atoms with E-state index < -0.39 is 62.7 Å². The van der Waals surface area contributed by atoms with Crippen LogP contribution < -0.4 is 11.2 Å². The standard InChI is InChI=1S/C22H21F3N3O8P/c23-22(24,25)14-3-1-12(2-4-14)13-5-7-26-15(9-13)10-28-17(29)6-8-27(21(28)32)20-19(31)18(30)16(36-20)11-35-37(33)34/h1-9,16,18-20,30-31,33-34H,10-11H2. The predicted molar refractivity (Wildman–Crippen MR) is 122 cm³/mol. The number of hydrogen-bond acceptors (Lipinski definition) is 9. The SMILES string of the molecule is O=c1ccn(C2OC(COP(O)O)C(O)C2O)c(=O)n1Cc1cc(-c2ccc(C(F)(F)F)cc2)ccn1. The molecule has 4 unspecified atom stereocenters. The summed E-state index contributed by atoms with van der Waals surface area (Å²) in [6.45, 7) is -0.771. The molecule has 1 saturated heterocycles. The lowest BCUT2D eigenvalue weighted by atomic mass is 10.0. The van der Waals surface area contributed by atoms with Gasteiger partial charge in [0, 0.05) is 18.5 Å². The van der Waals surface area contributed by atoms with Gasteiger partial charge in [-0.05, 0) is 35.4 Å². The molecule has 0 radical (unpaired) electrons. The van der Waals surface area contributed by atoms with Gasteiger partial charge in [0.1, 0.15) is 18.3 Å². The number of nitrogens with zero attached hydrogens (tertiary/aromatic N) is 3. The van der Waals surface area contributed by atoms with Crippen LogP contribution in [0.25, 0.3) is 11.1 Å². The van der Waals surface area contributed by atoms with Gasteiger partial charge < -0.3 is 29.3 Å². The fraction of sp³-hybridized carbons (Fsp3) is 0.318. The molecule has 0 amide bonds. The fourth-order valence-electron chi connectivity index (χ4n) is 3.87. The second-order valence-electron chi connectivity index (χ2n) is 8.14. The maximum absolute atomic E-state index is 13.1. The third-order valence-electron chi connectivity index (χ3n) is 5.74. The molecule has 1 aromatic carbocycles. The Morgan fingerprint density at radius 3 is 2.38 bits per heavy atom. The second kappa shape index (κ2) is 10.8. The number of benzene rings is 1. The molecule has 3 aromatic rings. The van der Waals surface area contributed by atoms with Crippen LogP contribution in [0.1, 0.15) is 17.5 Å². The predicted octanol–water partition coefficient (Wildman–Crippen LogP) is 0.986. The molecular weight excluding hydrogens is 522 g/mol. The zero-order valence-electron chi connectivity index (χ0n) is 18.8. The Morgan fingerprint density at radius 2 is 1.73 bits per heavy atom. The van der Waals surface area contributed by atoms with Crippen LogP contribution in [-0.4, -0.2) is 59.0 Å². The summed E-state index contributed by atoms with van der Waals surface area (Å²) in [7, 11) is -2.73. The number of pyridine rings is 1. The smallest absolute Gasteiger partial charge is 0.387 e. The van der Waals surface area contributed by atoms with Crippen molar-refractivity contribution in [1.29, 1.82) is 0 Å². The zero-order valence-corrected chi connectivity index (χ0v) is 19.7. The van der Waals surface area contributed by atoms with Gasteiger partial charge in [0.05, 0.1) is 24.4 Å². The first-order valence-electron chi connectivity index (χ1n) is 10.7. The normalized spacial score (nSPS) is 22.1. The van der Waals surface area contributed by atoms with Crippen LogP contribution in [0.5, 0.6) is 0 Å². The molecule has 37 heavy (non-hydrogen) atoms. The quantitative estimate of drug-likeness (QED) is 0.319. The van der Waals surface area contributed by atoms with Gasteiger partial charge in [-0.15, -0.1) is 0 Å². The summed E-state index contributed by atoms with van der Waals surface area (Å²) in [4.78, 5) is 47.5. The van der Waals surface area contributed by atoms with E-state index in [1.165, 1.54) is 24.4 Å². The monoisotopic (exact) mass is 543 g/mol. The molecule has 0 aliphatic carbocycles. The van der Waals surface area contributed by atoms with E-state index in [1.54, 1.807) is 6.07 Å². The summed E-state index contributed by atoms with van der Waals surface area (Å²) in [5, 5.41) is 20.6. The second-order valence-corrected chi connectivity index (χ2v) is 8.90. The Labute approximate surface area is 207 Å². The molecule has 198 valence electrons. The van der Waals surface area contributed by atoms with Crippen LogP contribution in [0.4, 0.5) is 13.2 Å². The minimum absolute atomic E-state index is 0.257. The number of aliphatic hydroxyl groups is 2. The summed E-state index contributed by atoms with van der Waals surface area (Å²) in [6, 6.07) is 8.61. The van der Waals surface area contributed by atoms with Gasteiger partial charge in [-0.25, -0.2) is 4.79 Å². The van der Waals surface area contributed by atoms with E-state index in [0.29, 0.717) is 11.1 Å². The summed E-state index contributed by atoms with van der Waals surface area (Å²) in [5.41, 5.74) is -1.15. The van der Waals surface area contributed by atoms with Crippen molar-refractivity contribution in [3.8, 4) is 11.1 Å². The van der Waals surface area contributed by atoms with Crippen molar-refractivity contribution in [3.63, 3.8) is 0 Å². The molecule has 2 aromatic heterocycles. The summed E-state index contributed by atoms with van der Waals surface area (Å²) in [5.74, 6) is 0. The van der Waals surface area contributed by atoms with Crippen molar-refractivity contribution in [2.75, 3.05) is 6.61 Å². The zero-order chi connectivity index (χ0) is 26.9. The first kappa shape index (κ1) is 27.1. The number of rotatable bonds is 7. The summed E-state index contributed by atoms with van der Waals surface area (Å²) in [6.07, 6.45) is -7.71. The Hall–Kier alpha value is -2.97. The molecule has 4 rings (SSSR count). The van der Waals surface area contributed by atoms with E-state index in [9.17, 15) is 33.0 Å². The highest BCUT2D eigenvalue weighted by atomic mass is 31.2. The van der Waals surface area contributed by atoms with E-state index in [4.69, 9.17) is 14.5 Å². The van der Waals surface area contributed by atoms with E-state index in [-0.39, 0.29) is 12.2 Å². The molecule has 4 atom stereocenters. The lowest BCUT2D eigenvalue weighted by Crippen LogP contribution is -2.43. The van der Waals surface area contributed by atoms with E-state index >= 15 is 0 Å². The molecule has 1 aliphatic heterocycles. The van der Waals surface area contributed by atoms with Crippen molar-refractivity contribution >= 4 is 8.60 Å². The van der Waals surface area contributed by atoms with Crippen LogP contribution in [0.2, 0.25) is 0 Å². The van der Waals surface area contributed by atoms with E-state index in [2.05, 4.69) is 9.51 Å². The highest BCUT2D eigenvalue weighted by molar-refractivity contribution is 7.39. The number of halogens is 3. The molecule has 0 bridgehead atoms. The lowest BCUT2D eigenvalue weighted by molar-refractivity contribution is -0.137. The summed E-state index contributed by atoms with van der Waals surface area (Å²) < 4.78 is 50.4. The third-order valence-corrected chi connectivity index (χ3v) is 6.12. The van der Waals surface area contributed by atoms with Gasteiger partial charge in [0.25, 0.3) is 5.56 Å². The Morgan fingerprint density at radius 1 is 1.03 bits per heavy atom. The minimum Gasteiger partial charge on any atom is -0.387 e. The van der Waals surface area contributed by atoms with Gasteiger partial charge >= 0.3 is 20.5 Å². The first-order chi connectivity index (χ1) is 17.5. The van der Waals surface area contributed by atoms with E-state index in [1.807, 2.05) is 0 Å². The van der Waals surface area contributed by atoms with Crippen molar-refractivity contribution < 1.29 is 42.4 Å². The topological polar surface area (TPSA) is 156 Å². The van der Waals surface area contributed by atoms with Crippen LogP contribution in [-0.2, 0) is 22.0 Å². The molecule has 11 nitrogen and oxygen atoms in total. The Kier molecular flexibility index (Phi) is 7.90. The number of ether oxygens (including phenoxy) is 1.